The smallest absolute Gasteiger partial charge is 0.230 e. The molecule has 0 saturated carbocycles. The summed E-state index contributed by atoms with van der Waals surface area (Å²) in [6, 6.07) is 0. The first-order valence-corrected chi connectivity index (χ1v) is 4.79. The monoisotopic (exact) mass is 185 g/mol. The molecule has 66 valence electrons. The Morgan fingerprint density at radius 1 is 1.75 bits per heavy atom. The Morgan fingerprint density at radius 3 is 3.08 bits per heavy atom. The summed E-state index contributed by atoms with van der Waals surface area (Å²) in [7, 11) is 0. The maximum atomic E-state index is 11.0. The normalized spacial score (nSPS) is 34.0. The Kier molecular flexibility index (Phi) is 1.86. The molecular weight excluding hydrogens is 174 g/mol. The number of hydrogen-bond donors (Lipinski definition) is 2. The van der Waals surface area contributed by atoms with E-state index in [0.717, 1.165) is 5.57 Å². The van der Waals surface area contributed by atoms with Gasteiger partial charge in [0.15, 0.2) is 0 Å². The molecule has 0 aliphatic carbocycles. The van der Waals surface area contributed by atoms with Crippen molar-refractivity contribution in [2.24, 2.45) is 11.5 Å². The van der Waals surface area contributed by atoms with E-state index >= 15 is 0 Å². The summed E-state index contributed by atoms with van der Waals surface area (Å²) in [4.78, 5) is 12.7. The lowest BCUT2D eigenvalue weighted by Crippen LogP contribution is -2.52. The van der Waals surface area contributed by atoms with Crippen molar-refractivity contribution in [2.45, 2.75) is 17.2 Å². The Bertz CT molecular complexity index is 253. The first kappa shape index (κ1) is 8.10. The van der Waals surface area contributed by atoms with Crippen LogP contribution in [0, 0.1) is 0 Å². The maximum absolute atomic E-state index is 11.0. The summed E-state index contributed by atoms with van der Waals surface area (Å²) in [6.07, 6.45) is 2.42. The summed E-state index contributed by atoms with van der Waals surface area (Å²) in [6.45, 7) is 0.435. The van der Waals surface area contributed by atoms with Crippen LogP contribution in [-0.2, 0) is 4.79 Å². The number of nitrogens with zero attached hydrogens (tertiary/aromatic N) is 1. The van der Waals surface area contributed by atoms with Crippen LogP contribution in [0.3, 0.4) is 0 Å². The fraction of sp³-hybridized carbons (Fsp3) is 0.571. The quantitative estimate of drug-likeness (QED) is 0.536. The largest absolute Gasteiger partial charge is 0.327 e. The number of carbonyl (C=O) groups is 1. The van der Waals surface area contributed by atoms with E-state index in [-0.39, 0.29) is 16.7 Å². The van der Waals surface area contributed by atoms with Gasteiger partial charge in [0.05, 0.1) is 17.2 Å². The first-order chi connectivity index (χ1) is 5.72. The van der Waals surface area contributed by atoms with Crippen molar-refractivity contribution in [2.75, 3.05) is 6.54 Å². The van der Waals surface area contributed by atoms with Gasteiger partial charge in [0.1, 0.15) is 0 Å². The maximum Gasteiger partial charge on any atom is 0.230 e. The van der Waals surface area contributed by atoms with Gasteiger partial charge in [-0.1, -0.05) is 0 Å². The van der Waals surface area contributed by atoms with Crippen LogP contribution in [-0.4, -0.2) is 28.1 Å². The van der Waals surface area contributed by atoms with Gasteiger partial charge in [-0.05, 0) is 5.57 Å². The first-order valence-electron chi connectivity index (χ1n) is 3.85. The third-order valence-electron chi connectivity index (χ3n) is 2.16. The molecule has 0 spiro atoms. The van der Waals surface area contributed by atoms with Crippen LogP contribution >= 0.6 is 11.8 Å². The second-order valence-electron chi connectivity index (χ2n) is 2.92. The number of fused-ring (bicyclic) bond motifs is 1. The van der Waals surface area contributed by atoms with E-state index < -0.39 is 0 Å². The molecule has 0 aromatic rings. The molecule has 2 aliphatic heterocycles. The van der Waals surface area contributed by atoms with Gasteiger partial charge in [-0.25, -0.2) is 0 Å². The Hall–Kier alpha value is -0.520. The van der Waals surface area contributed by atoms with E-state index in [1.165, 1.54) is 0 Å². The fourth-order valence-electron chi connectivity index (χ4n) is 1.35. The summed E-state index contributed by atoms with van der Waals surface area (Å²) in [5, 5.41) is 0.243. The molecular formula is C7H11N3OS. The van der Waals surface area contributed by atoms with Crippen LogP contribution in [0.4, 0.5) is 0 Å². The SMILES string of the molecule is NCC1=CN2C(=O)C[C@H]2SC1N. The van der Waals surface area contributed by atoms with Gasteiger partial charge < -0.3 is 16.4 Å². The highest BCUT2D eigenvalue weighted by molar-refractivity contribution is 8.00. The van der Waals surface area contributed by atoms with E-state index in [4.69, 9.17) is 11.5 Å². The minimum Gasteiger partial charge on any atom is -0.327 e. The molecule has 0 radical (unpaired) electrons. The molecule has 2 heterocycles. The van der Waals surface area contributed by atoms with Gasteiger partial charge in [-0.15, -0.1) is 11.8 Å². The Balaban J connectivity index is 2.18. The topological polar surface area (TPSA) is 72.3 Å². The van der Waals surface area contributed by atoms with Crippen LogP contribution in [0.25, 0.3) is 0 Å². The van der Waals surface area contributed by atoms with E-state index in [2.05, 4.69) is 0 Å². The van der Waals surface area contributed by atoms with Gasteiger partial charge in [-0.2, -0.15) is 0 Å². The van der Waals surface area contributed by atoms with Crippen LogP contribution in [0.15, 0.2) is 11.8 Å². The molecule has 0 bridgehead atoms. The summed E-state index contributed by atoms with van der Waals surface area (Å²) < 4.78 is 0. The van der Waals surface area contributed by atoms with Crippen molar-refractivity contribution in [3.63, 3.8) is 0 Å². The standard InChI is InChI=1S/C7H11N3OS/c8-2-4-3-10-5(11)1-6(10)12-7(4)9/h3,6-7H,1-2,8-9H2/t6-,7?/m1/s1. The average molecular weight is 185 g/mol. The number of rotatable bonds is 1. The van der Waals surface area contributed by atoms with Crippen molar-refractivity contribution < 1.29 is 4.79 Å². The highest BCUT2D eigenvalue weighted by Crippen LogP contribution is 2.37. The van der Waals surface area contributed by atoms with Crippen molar-refractivity contribution >= 4 is 17.7 Å². The minimum absolute atomic E-state index is 0.0238. The number of β-lactam (4-membered cyclic amide) rings is 1. The van der Waals surface area contributed by atoms with E-state index in [9.17, 15) is 4.79 Å². The van der Waals surface area contributed by atoms with Crippen molar-refractivity contribution in [3.05, 3.63) is 11.8 Å². The molecule has 4 nitrogen and oxygen atoms in total. The molecule has 1 fully saturated rings. The van der Waals surface area contributed by atoms with Gasteiger partial charge in [0, 0.05) is 12.7 Å². The third-order valence-corrected chi connectivity index (χ3v) is 3.46. The van der Waals surface area contributed by atoms with E-state index in [0.29, 0.717) is 13.0 Å². The number of nitrogens with two attached hydrogens (primary N) is 2. The molecule has 1 unspecified atom stereocenters. The second-order valence-corrected chi connectivity index (χ2v) is 4.25. The van der Waals surface area contributed by atoms with Crippen LogP contribution in [0.1, 0.15) is 6.42 Å². The molecule has 5 heteroatoms. The number of hydrogen-bond acceptors (Lipinski definition) is 4. The summed E-state index contributed by atoms with van der Waals surface area (Å²) in [5.41, 5.74) is 12.2. The number of amides is 1. The molecule has 12 heavy (non-hydrogen) atoms. The predicted octanol–water partition coefficient (Wildman–Crippen LogP) is -0.581. The molecule has 4 N–H and O–H groups in total. The molecule has 0 aromatic heterocycles. The second kappa shape index (κ2) is 2.76. The van der Waals surface area contributed by atoms with E-state index in [1.54, 1.807) is 22.9 Å². The highest BCUT2D eigenvalue weighted by Gasteiger charge is 2.40. The lowest BCUT2D eigenvalue weighted by molar-refractivity contribution is -0.137. The Morgan fingerprint density at radius 2 is 2.50 bits per heavy atom. The lowest BCUT2D eigenvalue weighted by atomic mass is 10.2. The van der Waals surface area contributed by atoms with Gasteiger partial charge in [0.25, 0.3) is 0 Å². The lowest BCUT2D eigenvalue weighted by Gasteiger charge is -2.43. The average Bonchev–Trinajstić information content (AvgIpc) is 2.04. The zero-order valence-corrected chi connectivity index (χ0v) is 7.38. The molecule has 2 aliphatic rings. The third kappa shape index (κ3) is 1.05. The molecule has 0 aromatic carbocycles. The zero-order chi connectivity index (χ0) is 8.72. The van der Waals surface area contributed by atoms with Gasteiger partial charge in [-0.3, -0.25) is 4.79 Å². The number of thioether (sulfide) groups is 1. The molecule has 1 amide bonds. The number of carbonyl (C=O) groups excluding carboxylic acids is 1. The van der Waals surface area contributed by atoms with Gasteiger partial charge >= 0.3 is 0 Å². The summed E-state index contributed by atoms with van der Waals surface area (Å²) >= 11 is 1.61. The van der Waals surface area contributed by atoms with Crippen molar-refractivity contribution in [1.82, 2.24) is 4.90 Å². The van der Waals surface area contributed by atoms with Crippen molar-refractivity contribution in [3.8, 4) is 0 Å². The van der Waals surface area contributed by atoms with Crippen molar-refractivity contribution in [1.29, 1.82) is 0 Å². The molecule has 1 saturated heterocycles. The predicted molar refractivity (Wildman–Crippen MR) is 48.0 cm³/mol. The molecule has 2 atom stereocenters. The van der Waals surface area contributed by atoms with Crippen LogP contribution in [0.2, 0.25) is 0 Å². The zero-order valence-electron chi connectivity index (χ0n) is 6.56. The molecule has 2 rings (SSSR count). The fourth-order valence-corrected chi connectivity index (χ4v) is 2.57. The van der Waals surface area contributed by atoms with Crippen LogP contribution < -0.4 is 11.5 Å². The minimum atomic E-state index is -0.0238. The van der Waals surface area contributed by atoms with Crippen LogP contribution in [0.5, 0.6) is 0 Å². The highest BCUT2D eigenvalue weighted by atomic mass is 32.2. The van der Waals surface area contributed by atoms with E-state index in [1.807, 2.05) is 0 Å². The Labute approximate surface area is 75.0 Å². The van der Waals surface area contributed by atoms with Gasteiger partial charge in [0.2, 0.25) is 5.91 Å². The summed E-state index contributed by atoms with van der Waals surface area (Å²) in [5.74, 6) is 0.172.